The molecular weight excluding hydrogens is 224 g/mol. The van der Waals surface area contributed by atoms with Gasteiger partial charge in [0, 0.05) is 18.1 Å². The average molecular weight is 234 g/mol. The molecule has 76 valence electrons. The van der Waals surface area contributed by atoms with Gasteiger partial charge in [-0.15, -0.1) is 0 Å². The van der Waals surface area contributed by atoms with Crippen LogP contribution in [-0.2, 0) is 5.75 Å². The van der Waals surface area contributed by atoms with Gasteiger partial charge in [-0.05, 0) is 22.4 Å². The lowest BCUT2D eigenvalue weighted by molar-refractivity contribution is 0.973. The largest absolute Gasteiger partial charge is 0.230 e. The van der Waals surface area contributed by atoms with Gasteiger partial charge in [0.05, 0.1) is 0 Å². The van der Waals surface area contributed by atoms with Gasteiger partial charge in [0.25, 0.3) is 0 Å². The molecule has 1 heterocycles. The standard InChI is InChI=1S/C11H10N2S2/c1-2-5-10(6-3-1)9-14-15-11-12-7-4-8-13-11/h1-8H,9H2. The van der Waals surface area contributed by atoms with Crippen molar-refractivity contribution in [2.45, 2.75) is 10.9 Å². The van der Waals surface area contributed by atoms with Crippen LogP contribution in [0.4, 0.5) is 0 Å². The topological polar surface area (TPSA) is 25.8 Å². The van der Waals surface area contributed by atoms with E-state index in [1.807, 2.05) is 12.1 Å². The van der Waals surface area contributed by atoms with Crippen LogP contribution < -0.4 is 0 Å². The van der Waals surface area contributed by atoms with Crippen molar-refractivity contribution in [2.24, 2.45) is 0 Å². The lowest BCUT2D eigenvalue weighted by Crippen LogP contribution is -1.81. The molecule has 2 rings (SSSR count). The highest BCUT2D eigenvalue weighted by Gasteiger charge is 1.97. The van der Waals surface area contributed by atoms with E-state index in [0.717, 1.165) is 10.9 Å². The molecule has 4 heteroatoms. The molecule has 0 spiro atoms. The second kappa shape index (κ2) is 5.78. The molecule has 0 aliphatic heterocycles. The monoisotopic (exact) mass is 234 g/mol. The molecule has 0 bridgehead atoms. The summed E-state index contributed by atoms with van der Waals surface area (Å²) in [4.78, 5) is 8.28. The molecule has 0 saturated carbocycles. The Labute approximate surface area is 96.9 Å². The van der Waals surface area contributed by atoms with Crippen molar-refractivity contribution in [3.63, 3.8) is 0 Å². The Bertz CT molecular complexity index is 352. The highest BCUT2D eigenvalue weighted by Crippen LogP contribution is 2.30. The van der Waals surface area contributed by atoms with Crippen LogP contribution in [0, 0.1) is 0 Å². The first-order chi connectivity index (χ1) is 7.45. The second-order valence-electron chi connectivity index (χ2n) is 2.86. The average Bonchev–Trinajstić information content (AvgIpc) is 2.32. The van der Waals surface area contributed by atoms with E-state index >= 15 is 0 Å². The molecule has 0 saturated heterocycles. The van der Waals surface area contributed by atoms with Gasteiger partial charge in [-0.2, -0.15) is 0 Å². The molecule has 0 aliphatic carbocycles. The van der Waals surface area contributed by atoms with Crippen molar-refractivity contribution in [2.75, 3.05) is 0 Å². The van der Waals surface area contributed by atoms with E-state index in [1.165, 1.54) is 5.56 Å². The summed E-state index contributed by atoms with van der Waals surface area (Å²) >= 11 is 0. The van der Waals surface area contributed by atoms with E-state index in [0.29, 0.717) is 0 Å². The summed E-state index contributed by atoms with van der Waals surface area (Å²) in [5.41, 5.74) is 1.32. The van der Waals surface area contributed by atoms with E-state index in [9.17, 15) is 0 Å². The highest BCUT2D eigenvalue weighted by atomic mass is 33.1. The van der Waals surface area contributed by atoms with Crippen molar-refractivity contribution in [3.05, 3.63) is 54.4 Å². The van der Waals surface area contributed by atoms with Gasteiger partial charge in [-0.3, -0.25) is 0 Å². The molecule has 0 N–H and O–H groups in total. The zero-order valence-electron chi connectivity index (χ0n) is 8.04. The maximum absolute atomic E-state index is 4.14. The lowest BCUT2D eigenvalue weighted by atomic mass is 10.2. The van der Waals surface area contributed by atoms with Gasteiger partial charge in [-0.25, -0.2) is 9.97 Å². The Kier molecular flexibility index (Phi) is 4.05. The minimum absolute atomic E-state index is 0.818. The summed E-state index contributed by atoms with van der Waals surface area (Å²) in [7, 11) is 3.36. The SMILES string of the molecule is c1ccc(CSSc2ncccn2)cc1. The van der Waals surface area contributed by atoms with E-state index in [1.54, 1.807) is 34.0 Å². The summed E-state index contributed by atoms with van der Waals surface area (Å²) in [6.07, 6.45) is 3.52. The number of rotatable bonds is 4. The fourth-order valence-electron chi connectivity index (χ4n) is 1.05. The van der Waals surface area contributed by atoms with Gasteiger partial charge >= 0.3 is 0 Å². The summed E-state index contributed by atoms with van der Waals surface area (Å²) in [5.74, 6) is 0.976. The maximum atomic E-state index is 4.14. The molecule has 0 fully saturated rings. The molecule has 0 aliphatic rings. The molecule has 0 unspecified atom stereocenters. The third-order valence-electron chi connectivity index (χ3n) is 1.74. The molecule has 2 aromatic rings. The third-order valence-corrected chi connectivity index (χ3v) is 3.83. The van der Waals surface area contributed by atoms with Crippen molar-refractivity contribution in [3.8, 4) is 0 Å². The summed E-state index contributed by atoms with van der Waals surface area (Å²) in [5, 5.41) is 0.818. The van der Waals surface area contributed by atoms with Gasteiger partial charge < -0.3 is 0 Å². The molecule has 2 nitrogen and oxygen atoms in total. The highest BCUT2D eigenvalue weighted by molar-refractivity contribution is 8.76. The summed E-state index contributed by atoms with van der Waals surface area (Å²) < 4.78 is 0. The first-order valence-corrected chi connectivity index (χ1v) is 6.87. The molecule has 1 aromatic heterocycles. The predicted octanol–water partition coefficient (Wildman–Crippen LogP) is 3.42. The molecule has 0 amide bonds. The normalized spacial score (nSPS) is 10.1. The fraction of sp³-hybridized carbons (Fsp3) is 0.0909. The van der Waals surface area contributed by atoms with Crippen LogP contribution in [0.25, 0.3) is 0 Å². The van der Waals surface area contributed by atoms with Crippen LogP contribution in [0.1, 0.15) is 5.56 Å². The lowest BCUT2D eigenvalue weighted by Gasteiger charge is -1.99. The maximum Gasteiger partial charge on any atom is 0.198 e. The van der Waals surface area contributed by atoms with Crippen LogP contribution in [0.5, 0.6) is 0 Å². The van der Waals surface area contributed by atoms with Gasteiger partial charge in [0.2, 0.25) is 0 Å². The van der Waals surface area contributed by atoms with Crippen LogP contribution in [0.15, 0.2) is 53.9 Å². The number of aromatic nitrogens is 2. The van der Waals surface area contributed by atoms with Crippen molar-refractivity contribution >= 4 is 21.6 Å². The first kappa shape index (κ1) is 10.5. The number of benzene rings is 1. The molecule has 1 aromatic carbocycles. The van der Waals surface area contributed by atoms with Crippen LogP contribution in [0.2, 0.25) is 0 Å². The van der Waals surface area contributed by atoms with E-state index in [4.69, 9.17) is 0 Å². The van der Waals surface area contributed by atoms with E-state index in [-0.39, 0.29) is 0 Å². The van der Waals surface area contributed by atoms with E-state index in [2.05, 4.69) is 34.2 Å². The van der Waals surface area contributed by atoms with Crippen LogP contribution in [0.3, 0.4) is 0 Å². The van der Waals surface area contributed by atoms with Crippen LogP contribution >= 0.6 is 21.6 Å². The summed E-state index contributed by atoms with van der Waals surface area (Å²) in [6.45, 7) is 0. The Morgan fingerprint density at radius 3 is 2.40 bits per heavy atom. The van der Waals surface area contributed by atoms with Crippen molar-refractivity contribution in [1.82, 2.24) is 9.97 Å². The van der Waals surface area contributed by atoms with Crippen molar-refractivity contribution < 1.29 is 0 Å². The minimum atomic E-state index is 0.818. The van der Waals surface area contributed by atoms with Gasteiger partial charge in [0.15, 0.2) is 5.16 Å². The van der Waals surface area contributed by atoms with Crippen LogP contribution in [-0.4, -0.2) is 9.97 Å². The molecule has 0 radical (unpaired) electrons. The summed E-state index contributed by atoms with van der Waals surface area (Å²) in [6, 6.07) is 12.2. The smallest absolute Gasteiger partial charge is 0.198 e. The zero-order chi connectivity index (χ0) is 10.3. The Morgan fingerprint density at radius 1 is 0.933 bits per heavy atom. The number of nitrogens with zero attached hydrogens (tertiary/aromatic N) is 2. The Hall–Kier alpha value is -1.00. The first-order valence-electron chi connectivity index (χ1n) is 4.55. The minimum Gasteiger partial charge on any atom is -0.230 e. The number of hydrogen-bond acceptors (Lipinski definition) is 4. The van der Waals surface area contributed by atoms with Gasteiger partial charge in [-0.1, -0.05) is 41.1 Å². The quantitative estimate of drug-likeness (QED) is 0.598. The Balaban J connectivity index is 1.81. The third kappa shape index (κ3) is 3.57. The molecular formula is C11H10N2S2. The van der Waals surface area contributed by atoms with Crippen molar-refractivity contribution in [1.29, 1.82) is 0 Å². The zero-order valence-corrected chi connectivity index (χ0v) is 9.67. The molecule has 15 heavy (non-hydrogen) atoms. The second-order valence-corrected chi connectivity index (χ2v) is 5.13. The fourth-order valence-corrected chi connectivity index (χ4v) is 2.91. The molecule has 0 atom stereocenters. The number of hydrogen-bond donors (Lipinski definition) is 0. The van der Waals surface area contributed by atoms with E-state index < -0.39 is 0 Å². The predicted molar refractivity (Wildman–Crippen MR) is 65.6 cm³/mol. The Morgan fingerprint density at radius 2 is 1.67 bits per heavy atom. The van der Waals surface area contributed by atoms with Gasteiger partial charge in [0.1, 0.15) is 0 Å².